The number of carbonyl (C=O) groups is 2. The van der Waals surface area contributed by atoms with E-state index in [1.165, 1.54) is 30.2 Å². The molecule has 0 fully saturated rings. The third kappa shape index (κ3) is 7.99. The summed E-state index contributed by atoms with van der Waals surface area (Å²) in [6, 6.07) is 21.0. The number of halogens is 1. The first kappa shape index (κ1) is 31.0. The van der Waals surface area contributed by atoms with Crippen molar-refractivity contribution < 1.29 is 22.7 Å². The molecule has 0 heterocycles. The van der Waals surface area contributed by atoms with E-state index in [1.54, 1.807) is 30.3 Å². The number of carbonyl (C=O) groups excluding carboxylic acids is 2. The summed E-state index contributed by atoms with van der Waals surface area (Å²) < 4.78 is 34.0. The van der Waals surface area contributed by atoms with Crippen LogP contribution >= 0.6 is 11.6 Å². The number of sulfonamides is 1. The molecule has 0 spiro atoms. The van der Waals surface area contributed by atoms with Crippen LogP contribution in [0, 0.1) is 0 Å². The van der Waals surface area contributed by atoms with Gasteiger partial charge < -0.3 is 15.0 Å². The third-order valence-electron chi connectivity index (χ3n) is 6.32. The quantitative estimate of drug-likeness (QED) is 0.307. The fourth-order valence-electron chi connectivity index (χ4n) is 4.31. The molecular formula is C30H36ClN3O5S. The zero-order valence-electron chi connectivity index (χ0n) is 23.2. The van der Waals surface area contributed by atoms with Crippen LogP contribution in [0.25, 0.3) is 0 Å². The average Bonchev–Trinajstić information content (AvgIpc) is 2.93. The lowest BCUT2D eigenvalue weighted by Gasteiger charge is -2.33. The van der Waals surface area contributed by atoms with Crippen molar-refractivity contribution in [2.45, 2.75) is 50.6 Å². The molecule has 10 heteroatoms. The fraction of sp³-hybridized carbons (Fsp3) is 0.333. The Hall–Kier alpha value is -3.56. The first-order valence-electron chi connectivity index (χ1n) is 13.1. The topological polar surface area (TPSA) is 96.0 Å². The molecule has 2 amide bonds. The highest BCUT2D eigenvalue weighted by molar-refractivity contribution is 7.92. The molecule has 3 aromatic carbocycles. The van der Waals surface area contributed by atoms with Gasteiger partial charge in [-0.2, -0.15) is 0 Å². The Labute approximate surface area is 241 Å². The van der Waals surface area contributed by atoms with Crippen molar-refractivity contribution in [3.63, 3.8) is 0 Å². The lowest BCUT2D eigenvalue weighted by Crippen LogP contribution is -2.54. The minimum absolute atomic E-state index is 0.0125. The molecule has 1 unspecified atom stereocenters. The smallest absolute Gasteiger partial charge is 0.264 e. The normalized spacial score (nSPS) is 12.1. The fourth-order valence-corrected chi connectivity index (χ4v) is 5.90. The van der Waals surface area contributed by atoms with Gasteiger partial charge in [0.15, 0.2) is 0 Å². The van der Waals surface area contributed by atoms with Gasteiger partial charge >= 0.3 is 0 Å². The highest BCUT2D eigenvalue weighted by Crippen LogP contribution is 2.27. The van der Waals surface area contributed by atoms with Gasteiger partial charge in [-0.1, -0.05) is 54.9 Å². The summed E-state index contributed by atoms with van der Waals surface area (Å²) in [7, 11) is -2.70. The number of nitrogens with one attached hydrogen (secondary N) is 1. The molecule has 1 atom stereocenters. The number of rotatable bonds is 13. The summed E-state index contributed by atoms with van der Waals surface area (Å²) in [5.74, 6) is -0.289. The third-order valence-corrected chi connectivity index (χ3v) is 8.35. The van der Waals surface area contributed by atoms with Gasteiger partial charge in [-0.05, 0) is 74.7 Å². The van der Waals surface area contributed by atoms with Crippen LogP contribution < -0.4 is 14.4 Å². The monoisotopic (exact) mass is 585 g/mol. The number of benzene rings is 3. The summed E-state index contributed by atoms with van der Waals surface area (Å²) in [5.41, 5.74) is 1.23. The largest absolute Gasteiger partial charge is 0.497 e. The maximum Gasteiger partial charge on any atom is 0.264 e. The van der Waals surface area contributed by atoms with Gasteiger partial charge in [0, 0.05) is 17.6 Å². The van der Waals surface area contributed by atoms with E-state index >= 15 is 0 Å². The van der Waals surface area contributed by atoms with E-state index < -0.39 is 28.5 Å². The van der Waals surface area contributed by atoms with Crippen LogP contribution in [0.3, 0.4) is 0 Å². The minimum Gasteiger partial charge on any atom is -0.497 e. The van der Waals surface area contributed by atoms with Crippen molar-refractivity contribution in [1.82, 2.24) is 10.2 Å². The Bertz CT molecular complexity index is 1380. The molecule has 214 valence electrons. The molecule has 8 nitrogen and oxygen atoms in total. The van der Waals surface area contributed by atoms with Gasteiger partial charge in [-0.3, -0.25) is 13.9 Å². The Morgan fingerprint density at radius 3 is 2.23 bits per heavy atom. The Balaban J connectivity index is 2.01. The van der Waals surface area contributed by atoms with Crippen LogP contribution in [0.2, 0.25) is 5.02 Å². The van der Waals surface area contributed by atoms with E-state index in [0.29, 0.717) is 23.6 Å². The zero-order chi connectivity index (χ0) is 29.3. The summed E-state index contributed by atoms with van der Waals surface area (Å²) in [6.45, 7) is 5.25. The molecule has 0 saturated carbocycles. The molecule has 0 saturated heterocycles. The van der Waals surface area contributed by atoms with Crippen molar-refractivity contribution in [3.05, 3.63) is 89.4 Å². The maximum atomic E-state index is 14.0. The average molecular weight is 586 g/mol. The van der Waals surface area contributed by atoms with Crippen molar-refractivity contribution in [2.75, 3.05) is 24.5 Å². The standard InChI is InChI=1S/C30H36ClN3O5S/c1-5-28(30(36)32-22(2)3)33(19-18-23-10-7-6-8-11-23)29(35)21-34(25-13-9-12-24(31)20-25)40(37,38)27-16-14-26(39-4)15-17-27/h6-17,20,22,28H,5,18-19,21H2,1-4H3,(H,32,36). The molecule has 0 aromatic heterocycles. The number of amides is 2. The Kier molecular flexibility index (Phi) is 11.0. The van der Waals surface area contributed by atoms with Gasteiger partial charge in [-0.25, -0.2) is 8.42 Å². The molecule has 40 heavy (non-hydrogen) atoms. The minimum atomic E-state index is -4.19. The molecule has 1 N–H and O–H groups in total. The lowest BCUT2D eigenvalue weighted by molar-refractivity contribution is -0.139. The second-order valence-electron chi connectivity index (χ2n) is 9.58. The highest BCUT2D eigenvalue weighted by Gasteiger charge is 2.33. The first-order chi connectivity index (χ1) is 19.1. The lowest BCUT2D eigenvalue weighted by atomic mass is 10.1. The molecule has 0 aliphatic rings. The van der Waals surface area contributed by atoms with Crippen LogP contribution in [0.5, 0.6) is 5.75 Å². The van der Waals surface area contributed by atoms with Gasteiger partial charge in [0.2, 0.25) is 11.8 Å². The van der Waals surface area contributed by atoms with Gasteiger partial charge in [0.05, 0.1) is 17.7 Å². The number of ether oxygens (including phenoxy) is 1. The number of methoxy groups -OCH3 is 1. The van der Waals surface area contributed by atoms with Crippen molar-refractivity contribution in [2.24, 2.45) is 0 Å². The van der Waals surface area contributed by atoms with Crippen molar-refractivity contribution >= 4 is 39.1 Å². The molecule has 0 bridgehead atoms. The number of hydrogen-bond acceptors (Lipinski definition) is 5. The highest BCUT2D eigenvalue weighted by atomic mass is 35.5. The SMILES string of the molecule is CCC(C(=O)NC(C)C)N(CCc1ccccc1)C(=O)CN(c1cccc(Cl)c1)S(=O)(=O)c1ccc(OC)cc1. The van der Waals surface area contributed by atoms with Gasteiger partial charge in [-0.15, -0.1) is 0 Å². The van der Waals surface area contributed by atoms with Gasteiger partial charge in [0.1, 0.15) is 18.3 Å². The summed E-state index contributed by atoms with van der Waals surface area (Å²) >= 11 is 6.22. The predicted octanol–water partition coefficient (Wildman–Crippen LogP) is 4.92. The van der Waals surface area contributed by atoms with Crippen molar-refractivity contribution in [3.8, 4) is 5.75 Å². The zero-order valence-corrected chi connectivity index (χ0v) is 24.8. The van der Waals surface area contributed by atoms with E-state index in [9.17, 15) is 18.0 Å². The molecular weight excluding hydrogens is 550 g/mol. The molecule has 3 rings (SSSR count). The first-order valence-corrected chi connectivity index (χ1v) is 14.9. The number of nitrogens with zero attached hydrogens (tertiary/aromatic N) is 2. The molecule has 0 radical (unpaired) electrons. The number of anilines is 1. The van der Waals surface area contributed by atoms with Crippen molar-refractivity contribution in [1.29, 1.82) is 0 Å². The molecule has 0 aliphatic heterocycles. The van der Waals surface area contributed by atoms with E-state index in [4.69, 9.17) is 16.3 Å². The van der Waals surface area contributed by atoms with Crippen LogP contribution in [-0.4, -0.2) is 57.4 Å². The van der Waals surface area contributed by atoms with E-state index in [-0.39, 0.29) is 29.1 Å². The van der Waals surface area contributed by atoms with E-state index in [1.807, 2.05) is 51.1 Å². The number of hydrogen-bond donors (Lipinski definition) is 1. The van der Waals surface area contributed by atoms with E-state index in [2.05, 4.69) is 5.32 Å². The Morgan fingerprint density at radius 2 is 1.65 bits per heavy atom. The van der Waals surface area contributed by atoms with Crippen LogP contribution in [0.4, 0.5) is 5.69 Å². The second-order valence-corrected chi connectivity index (χ2v) is 11.9. The Morgan fingerprint density at radius 1 is 0.975 bits per heavy atom. The van der Waals surface area contributed by atoms with Crippen LogP contribution in [0.1, 0.15) is 32.8 Å². The molecule has 3 aromatic rings. The van der Waals surface area contributed by atoms with Crippen LogP contribution in [-0.2, 0) is 26.0 Å². The summed E-state index contributed by atoms with van der Waals surface area (Å²) in [5, 5.41) is 3.22. The maximum absolute atomic E-state index is 14.0. The second kappa shape index (κ2) is 14.2. The van der Waals surface area contributed by atoms with E-state index in [0.717, 1.165) is 9.87 Å². The predicted molar refractivity (Wildman–Crippen MR) is 158 cm³/mol. The van der Waals surface area contributed by atoms with Gasteiger partial charge in [0.25, 0.3) is 10.0 Å². The summed E-state index contributed by atoms with van der Waals surface area (Å²) in [6.07, 6.45) is 0.863. The summed E-state index contributed by atoms with van der Waals surface area (Å²) in [4.78, 5) is 28.6. The van der Waals surface area contributed by atoms with Crippen LogP contribution in [0.15, 0.2) is 83.8 Å². The molecule has 0 aliphatic carbocycles.